The van der Waals surface area contributed by atoms with Crippen molar-refractivity contribution in [2.75, 3.05) is 13.2 Å². The van der Waals surface area contributed by atoms with E-state index in [0.29, 0.717) is 12.0 Å². The first-order chi connectivity index (χ1) is 9.04. The van der Waals surface area contributed by atoms with Gasteiger partial charge < -0.3 is 10.1 Å². The summed E-state index contributed by atoms with van der Waals surface area (Å²) in [6, 6.07) is 6.63. The van der Waals surface area contributed by atoms with Crippen LogP contribution in [-0.2, 0) is 0 Å². The van der Waals surface area contributed by atoms with Gasteiger partial charge in [-0.3, -0.25) is 0 Å². The molecular weight excluding hydrogens is 302 g/mol. The molecule has 0 bridgehead atoms. The zero-order valence-electron chi connectivity index (χ0n) is 12.5. The van der Waals surface area contributed by atoms with Crippen molar-refractivity contribution in [2.45, 2.75) is 46.6 Å². The van der Waals surface area contributed by atoms with E-state index in [9.17, 15) is 0 Å². The molecular formula is C16H26BrNO. The Hall–Kier alpha value is -0.540. The van der Waals surface area contributed by atoms with Crippen molar-refractivity contribution in [3.63, 3.8) is 0 Å². The highest BCUT2D eigenvalue weighted by molar-refractivity contribution is 9.10. The molecule has 0 radical (unpaired) electrons. The van der Waals surface area contributed by atoms with Crippen molar-refractivity contribution in [3.8, 4) is 5.75 Å². The molecule has 0 spiro atoms. The fourth-order valence-corrected chi connectivity index (χ4v) is 2.53. The summed E-state index contributed by atoms with van der Waals surface area (Å²) in [5, 5.41) is 3.50. The van der Waals surface area contributed by atoms with E-state index in [1.807, 2.05) is 0 Å². The van der Waals surface area contributed by atoms with E-state index in [1.165, 1.54) is 5.56 Å². The van der Waals surface area contributed by atoms with Crippen LogP contribution in [0.15, 0.2) is 22.7 Å². The summed E-state index contributed by atoms with van der Waals surface area (Å²) >= 11 is 3.64. The largest absolute Gasteiger partial charge is 0.494 e. The molecule has 1 aromatic carbocycles. The zero-order chi connectivity index (χ0) is 14.3. The lowest BCUT2D eigenvalue weighted by atomic mass is 10.1. The molecule has 1 atom stereocenters. The summed E-state index contributed by atoms with van der Waals surface area (Å²) in [5.74, 6) is 1.62. The Labute approximate surface area is 126 Å². The van der Waals surface area contributed by atoms with Crippen LogP contribution in [0.4, 0.5) is 0 Å². The Bertz CT molecular complexity index is 379. The summed E-state index contributed by atoms with van der Waals surface area (Å²) in [6.45, 7) is 10.6. The van der Waals surface area contributed by atoms with Crippen molar-refractivity contribution >= 4 is 15.9 Å². The van der Waals surface area contributed by atoms with Crippen molar-refractivity contribution in [3.05, 3.63) is 28.2 Å². The van der Waals surface area contributed by atoms with Crippen LogP contribution >= 0.6 is 15.9 Å². The van der Waals surface area contributed by atoms with Crippen LogP contribution in [0.25, 0.3) is 0 Å². The second kappa shape index (κ2) is 8.60. The first-order valence-corrected chi connectivity index (χ1v) is 7.99. The Morgan fingerprint density at radius 1 is 1.26 bits per heavy atom. The third-order valence-electron chi connectivity index (χ3n) is 3.10. The molecule has 1 rings (SSSR count). The fraction of sp³-hybridized carbons (Fsp3) is 0.625. The molecule has 0 heterocycles. The predicted molar refractivity (Wildman–Crippen MR) is 85.8 cm³/mol. The maximum atomic E-state index is 5.76. The minimum Gasteiger partial charge on any atom is -0.494 e. The molecule has 19 heavy (non-hydrogen) atoms. The molecule has 1 aromatic rings. The minimum absolute atomic E-state index is 0.360. The van der Waals surface area contributed by atoms with Crippen LogP contribution in [0.3, 0.4) is 0 Å². The SMILES string of the molecule is CCCNC(C)c1ccc(OCCC(C)C)cc1Br. The average molecular weight is 328 g/mol. The van der Waals surface area contributed by atoms with E-state index < -0.39 is 0 Å². The van der Waals surface area contributed by atoms with Gasteiger partial charge in [-0.05, 0) is 49.9 Å². The topological polar surface area (TPSA) is 21.3 Å². The van der Waals surface area contributed by atoms with E-state index in [1.54, 1.807) is 0 Å². The number of hydrogen-bond donors (Lipinski definition) is 1. The number of nitrogens with one attached hydrogen (secondary N) is 1. The molecule has 0 aliphatic heterocycles. The molecule has 0 aliphatic rings. The van der Waals surface area contributed by atoms with Crippen LogP contribution in [0, 0.1) is 5.92 Å². The first-order valence-electron chi connectivity index (χ1n) is 7.20. The van der Waals surface area contributed by atoms with Gasteiger partial charge in [0, 0.05) is 10.5 Å². The quantitative estimate of drug-likeness (QED) is 0.730. The molecule has 0 amide bonds. The van der Waals surface area contributed by atoms with Crippen LogP contribution < -0.4 is 10.1 Å². The normalized spacial score (nSPS) is 12.7. The fourth-order valence-electron chi connectivity index (χ4n) is 1.83. The van der Waals surface area contributed by atoms with E-state index in [-0.39, 0.29) is 0 Å². The Balaban J connectivity index is 2.58. The standard InChI is InChI=1S/C16H26BrNO/c1-5-9-18-13(4)15-7-6-14(11-16(15)17)19-10-8-12(2)3/h6-7,11-13,18H,5,8-10H2,1-4H3. The van der Waals surface area contributed by atoms with Crippen molar-refractivity contribution < 1.29 is 4.74 Å². The van der Waals surface area contributed by atoms with Crippen molar-refractivity contribution in [1.29, 1.82) is 0 Å². The van der Waals surface area contributed by atoms with Gasteiger partial charge in [-0.15, -0.1) is 0 Å². The summed E-state index contributed by atoms with van der Waals surface area (Å²) in [5.41, 5.74) is 1.28. The minimum atomic E-state index is 0.360. The van der Waals surface area contributed by atoms with Gasteiger partial charge >= 0.3 is 0 Å². The smallest absolute Gasteiger partial charge is 0.120 e. The zero-order valence-corrected chi connectivity index (χ0v) is 14.1. The number of benzene rings is 1. The molecule has 0 aromatic heterocycles. The van der Waals surface area contributed by atoms with Gasteiger partial charge in [-0.1, -0.05) is 42.8 Å². The van der Waals surface area contributed by atoms with Gasteiger partial charge in [-0.25, -0.2) is 0 Å². The maximum absolute atomic E-state index is 5.76. The second-order valence-electron chi connectivity index (χ2n) is 5.39. The van der Waals surface area contributed by atoms with E-state index in [0.717, 1.165) is 36.2 Å². The maximum Gasteiger partial charge on any atom is 0.120 e. The number of halogens is 1. The van der Waals surface area contributed by atoms with Gasteiger partial charge in [0.05, 0.1) is 6.61 Å². The molecule has 1 unspecified atom stereocenters. The van der Waals surface area contributed by atoms with Crippen LogP contribution in [0.2, 0.25) is 0 Å². The van der Waals surface area contributed by atoms with E-state index >= 15 is 0 Å². The first kappa shape index (κ1) is 16.5. The van der Waals surface area contributed by atoms with Gasteiger partial charge in [0.25, 0.3) is 0 Å². The molecule has 0 aliphatic carbocycles. The second-order valence-corrected chi connectivity index (χ2v) is 6.24. The molecule has 108 valence electrons. The van der Waals surface area contributed by atoms with Crippen molar-refractivity contribution in [1.82, 2.24) is 5.32 Å². The van der Waals surface area contributed by atoms with E-state index in [2.05, 4.69) is 67.1 Å². The van der Waals surface area contributed by atoms with Gasteiger partial charge in [-0.2, -0.15) is 0 Å². The number of ether oxygens (including phenoxy) is 1. The third-order valence-corrected chi connectivity index (χ3v) is 3.79. The lowest BCUT2D eigenvalue weighted by molar-refractivity contribution is 0.289. The van der Waals surface area contributed by atoms with Crippen molar-refractivity contribution in [2.24, 2.45) is 5.92 Å². The van der Waals surface area contributed by atoms with Gasteiger partial charge in [0.1, 0.15) is 5.75 Å². The summed E-state index contributed by atoms with van der Waals surface area (Å²) in [7, 11) is 0. The Morgan fingerprint density at radius 2 is 2.00 bits per heavy atom. The molecule has 3 heteroatoms. The Kier molecular flexibility index (Phi) is 7.47. The average Bonchev–Trinajstić information content (AvgIpc) is 2.35. The highest BCUT2D eigenvalue weighted by Gasteiger charge is 2.09. The number of hydrogen-bond acceptors (Lipinski definition) is 2. The predicted octanol–water partition coefficient (Wildman–Crippen LogP) is 4.93. The summed E-state index contributed by atoms with van der Waals surface area (Å²) in [4.78, 5) is 0. The molecule has 1 N–H and O–H groups in total. The van der Waals surface area contributed by atoms with Crippen LogP contribution in [0.1, 0.15) is 52.1 Å². The molecule has 0 saturated carbocycles. The highest BCUT2D eigenvalue weighted by Crippen LogP contribution is 2.27. The molecule has 0 fully saturated rings. The monoisotopic (exact) mass is 327 g/mol. The number of rotatable bonds is 8. The van der Waals surface area contributed by atoms with Gasteiger partial charge in [0.15, 0.2) is 0 Å². The summed E-state index contributed by atoms with van der Waals surface area (Å²) in [6.07, 6.45) is 2.24. The van der Waals surface area contributed by atoms with Crippen LogP contribution in [0.5, 0.6) is 5.75 Å². The third kappa shape index (κ3) is 5.96. The van der Waals surface area contributed by atoms with Gasteiger partial charge in [0.2, 0.25) is 0 Å². The molecule has 2 nitrogen and oxygen atoms in total. The Morgan fingerprint density at radius 3 is 2.58 bits per heavy atom. The lowest BCUT2D eigenvalue weighted by Crippen LogP contribution is -2.19. The summed E-state index contributed by atoms with van der Waals surface area (Å²) < 4.78 is 6.88. The van der Waals surface area contributed by atoms with Crippen LogP contribution in [-0.4, -0.2) is 13.2 Å². The van der Waals surface area contributed by atoms with E-state index in [4.69, 9.17) is 4.74 Å². The lowest BCUT2D eigenvalue weighted by Gasteiger charge is -2.16. The highest BCUT2D eigenvalue weighted by atomic mass is 79.9. The molecule has 0 saturated heterocycles.